The van der Waals surface area contributed by atoms with Crippen LogP contribution in [0.5, 0.6) is 0 Å². The quantitative estimate of drug-likeness (QED) is 0.621. The van der Waals surface area contributed by atoms with E-state index >= 15 is 0 Å². The Bertz CT molecular complexity index is 346. The zero-order chi connectivity index (χ0) is 10.6. The Balaban J connectivity index is 2.97. The van der Waals surface area contributed by atoms with E-state index < -0.39 is 0 Å². The number of hydrogen-bond acceptors (Lipinski definition) is 2. The van der Waals surface area contributed by atoms with E-state index in [0.29, 0.717) is 0 Å². The molecule has 2 heteroatoms. The summed E-state index contributed by atoms with van der Waals surface area (Å²) in [5, 5.41) is 8.41. The van der Waals surface area contributed by atoms with Gasteiger partial charge in [-0.15, -0.1) is 0 Å². The smallest absolute Gasteiger partial charge is 0.0924 e. The molecule has 0 heterocycles. The van der Waals surface area contributed by atoms with Crippen LogP contribution in [0.15, 0.2) is 41.1 Å². The molecule has 0 bridgehead atoms. The lowest BCUT2D eigenvalue weighted by atomic mass is 10.1. The molecular weight excluding hydrogens is 172 g/mol. The van der Waals surface area contributed by atoms with Crippen molar-refractivity contribution in [1.29, 1.82) is 0 Å². The van der Waals surface area contributed by atoms with Crippen molar-refractivity contribution in [2.24, 2.45) is 10.2 Å². The lowest BCUT2D eigenvalue weighted by molar-refractivity contribution is 0.552. The average molecular weight is 188 g/mol. The normalized spacial score (nSPS) is 11.9. The average Bonchev–Trinajstić information content (AvgIpc) is 2.14. The molecule has 14 heavy (non-hydrogen) atoms. The molecule has 0 N–H and O–H groups in total. The second-order valence-electron chi connectivity index (χ2n) is 4.13. The van der Waals surface area contributed by atoms with E-state index in [2.05, 4.69) is 16.8 Å². The number of rotatable bonds is 2. The largest absolute Gasteiger partial charge is 0.183 e. The van der Waals surface area contributed by atoms with Crippen molar-refractivity contribution in [2.45, 2.75) is 26.3 Å². The van der Waals surface area contributed by atoms with Gasteiger partial charge >= 0.3 is 0 Å². The Morgan fingerprint density at radius 1 is 1.21 bits per heavy atom. The molecule has 0 aliphatic carbocycles. The van der Waals surface area contributed by atoms with Crippen LogP contribution >= 0.6 is 0 Å². The van der Waals surface area contributed by atoms with Crippen LogP contribution in [0.2, 0.25) is 0 Å². The van der Waals surface area contributed by atoms with Crippen LogP contribution in [-0.2, 0) is 0 Å². The van der Waals surface area contributed by atoms with Crippen molar-refractivity contribution in [3.05, 3.63) is 36.4 Å². The van der Waals surface area contributed by atoms with Gasteiger partial charge in [-0.05, 0) is 26.8 Å². The molecule has 0 aliphatic heterocycles. The standard InChI is InChI=1S/C12H16N2/c1-5-10-8-6-7-9-11(10)13-14-12(2,3)4/h5-9H,1H2,2-4H3. The van der Waals surface area contributed by atoms with Crippen molar-refractivity contribution < 1.29 is 0 Å². The second kappa shape index (κ2) is 4.18. The molecule has 0 aliphatic rings. The Labute approximate surface area is 85.4 Å². The molecule has 0 saturated carbocycles. The molecule has 0 radical (unpaired) electrons. The van der Waals surface area contributed by atoms with Crippen LogP contribution in [0.3, 0.4) is 0 Å². The minimum absolute atomic E-state index is 0.131. The molecule has 2 nitrogen and oxygen atoms in total. The third-order valence-corrected chi connectivity index (χ3v) is 1.61. The summed E-state index contributed by atoms with van der Waals surface area (Å²) in [5.74, 6) is 0. The Hall–Kier alpha value is -1.44. The van der Waals surface area contributed by atoms with Gasteiger partial charge in [-0.2, -0.15) is 10.2 Å². The fraction of sp³-hybridized carbons (Fsp3) is 0.333. The van der Waals surface area contributed by atoms with Gasteiger partial charge in [0.2, 0.25) is 0 Å². The lowest BCUT2D eigenvalue weighted by Gasteiger charge is -2.09. The van der Waals surface area contributed by atoms with Crippen LogP contribution in [0, 0.1) is 0 Å². The second-order valence-corrected chi connectivity index (χ2v) is 4.13. The van der Waals surface area contributed by atoms with E-state index in [-0.39, 0.29) is 5.54 Å². The topological polar surface area (TPSA) is 24.7 Å². The highest BCUT2D eigenvalue weighted by molar-refractivity contribution is 5.62. The fourth-order valence-corrected chi connectivity index (χ4v) is 0.955. The molecule has 0 atom stereocenters. The van der Waals surface area contributed by atoms with E-state index in [4.69, 9.17) is 0 Å². The van der Waals surface area contributed by atoms with Crippen molar-refractivity contribution in [3.63, 3.8) is 0 Å². The van der Waals surface area contributed by atoms with Crippen LogP contribution in [0.4, 0.5) is 5.69 Å². The monoisotopic (exact) mass is 188 g/mol. The molecule has 0 fully saturated rings. The first-order valence-corrected chi connectivity index (χ1v) is 4.67. The molecule has 1 aromatic rings. The highest BCUT2D eigenvalue weighted by atomic mass is 15.1. The summed E-state index contributed by atoms with van der Waals surface area (Å²) < 4.78 is 0. The fourth-order valence-electron chi connectivity index (χ4n) is 0.955. The molecule has 0 unspecified atom stereocenters. The molecule has 0 saturated heterocycles. The van der Waals surface area contributed by atoms with Crippen molar-refractivity contribution in [2.75, 3.05) is 0 Å². The summed E-state index contributed by atoms with van der Waals surface area (Å²) in [7, 11) is 0. The van der Waals surface area contributed by atoms with E-state index in [0.717, 1.165) is 11.3 Å². The Kier molecular flexibility index (Phi) is 3.18. The third-order valence-electron chi connectivity index (χ3n) is 1.61. The Morgan fingerprint density at radius 2 is 1.86 bits per heavy atom. The van der Waals surface area contributed by atoms with E-state index in [1.807, 2.05) is 45.0 Å². The first kappa shape index (κ1) is 10.6. The van der Waals surface area contributed by atoms with Gasteiger partial charge in [0.15, 0.2) is 0 Å². The summed E-state index contributed by atoms with van der Waals surface area (Å²) in [4.78, 5) is 0. The van der Waals surface area contributed by atoms with E-state index in [1.54, 1.807) is 6.08 Å². The SMILES string of the molecule is C=Cc1ccccc1N=NC(C)(C)C. The molecule has 0 aromatic heterocycles. The summed E-state index contributed by atoms with van der Waals surface area (Å²) in [6.45, 7) is 9.80. The maximum atomic E-state index is 4.21. The van der Waals surface area contributed by atoms with Crippen LogP contribution in [0.1, 0.15) is 26.3 Å². The predicted octanol–water partition coefficient (Wildman–Crippen LogP) is 4.21. The van der Waals surface area contributed by atoms with Crippen LogP contribution < -0.4 is 0 Å². The van der Waals surface area contributed by atoms with E-state index in [1.165, 1.54) is 0 Å². The minimum Gasteiger partial charge on any atom is -0.183 e. The summed E-state index contributed by atoms with van der Waals surface area (Å²) in [5.41, 5.74) is 1.76. The summed E-state index contributed by atoms with van der Waals surface area (Å²) in [6, 6.07) is 7.83. The maximum Gasteiger partial charge on any atom is 0.0924 e. The maximum absolute atomic E-state index is 4.21. The first-order valence-electron chi connectivity index (χ1n) is 4.67. The number of nitrogens with zero attached hydrogens (tertiary/aromatic N) is 2. The van der Waals surface area contributed by atoms with Gasteiger partial charge < -0.3 is 0 Å². The highest BCUT2D eigenvalue weighted by Gasteiger charge is 2.06. The highest BCUT2D eigenvalue weighted by Crippen LogP contribution is 2.21. The molecule has 0 spiro atoms. The molecule has 0 amide bonds. The van der Waals surface area contributed by atoms with Crippen molar-refractivity contribution in [3.8, 4) is 0 Å². The zero-order valence-corrected chi connectivity index (χ0v) is 8.99. The van der Waals surface area contributed by atoms with Gasteiger partial charge in [0.05, 0.1) is 11.2 Å². The predicted molar refractivity (Wildman–Crippen MR) is 60.8 cm³/mol. The van der Waals surface area contributed by atoms with Gasteiger partial charge in [0.25, 0.3) is 0 Å². The summed E-state index contributed by atoms with van der Waals surface area (Å²) in [6.07, 6.45) is 1.79. The molecule has 1 aromatic carbocycles. The lowest BCUT2D eigenvalue weighted by Crippen LogP contribution is -2.07. The zero-order valence-electron chi connectivity index (χ0n) is 8.99. The van der Waals surface area contributed by atoms with Gasteiger partial charge in [0.1, 0.15) is 0 Å². The van der Waals surface area contributed by atoms with Gasteiger partial charge in [0, 0.05) is 5.56 Å². The molecule has 74 valence electrons. The van der Waals surface area contributed by atoms with Gasteiger partial charge in [-0.25, -0.2) is 0 Å². The first-order chi connectivity index (χ1) is 6.53. The number of benzene rings is 1. The van der Waals surface area contributed by atoms with Crippen molar-refractivity contribution in [1.82, 2.24) is 0 Å². The minimum atomic E-state index is -0.131. The van der Waals surface area contributed by atoms with Gasteiger partial charge in [-0.1, -0.05) is 30.9 Å². The molecule has 1 rings (SSSR count). The molecular formula is C12H16N2. The summed E-state index contributed by atoms with van der Waals surface area (Å²) >= 11 is 0. The van der Waals surface area contributed by atoms with E-state index in [9.17, 15) is 0 Å². The van der Waals surface area contributed by atoms with Crippen LogP contribution in [-0.4, -0.2) is 5.54 Å². The van der Waals surface area contributed by atoms with Crippen molar-refractivity contribution >= 4 is 11.8 Å². The number of azo groups is 1. The third kappa shape index (κ3) is 3.13. The number of hydrogen-bond donors (Lipinski definition) is 0. The van der Waals surface area contributed by atoms with Crippen LogP contribution in [0.25, 0.3) is 6.08 Å². The van der Waals surface area contributed by atoms with Gasteiger partial charge in [-0.3, -0.25) is 0 Å². The Morgan fingerprint density at radius 3 is 2.43 bits per heavy atom.